The molecule has 0 aliphatic carbocycles. The fraction of sp³-hybridized carbons (Fsp3) is 0.278. The third-order valence-electron chi connectivity index (χ3n) is 3.47. The van der Waals surface area contributed by atoms with Crippen molar-refractivity contribution in [2.75, 3.05) is 32.7 Å². The molecule has 0 aliphatic heterocycles. The van der Waals surface area contributed by atoms with Crippen LogP contribution in [0.25, 0.3) is 0 Å². The lowest BCUT2D eigenvalue weighted by atomic mass is 10.3. The van der Waals surface area contributed by atoms with E-state index in [-0.39, 0.29) is 24.0 Å². The number of sulfonamides is 1. The Labute approximate surface area is 158 Å². The van der Waals surface area contributed by atoms with Gasteiger partial charge in [0.2, 0.25) is 15.9 Å². The van der Waals surface area contributed by atoms with Crippen LogP contribution in [0.5, 0.6) is 17.2 Å². The van der Waals surface area contributed by atoms with E-state index in [2.05, 4.69) is 10.0 Å². The van der Waals surface area contributed by atoms with E-state index in [1.54, 1.807) is 18.2 Å². The minimum absolute atomic E-state index is 0.0787. The highest BCUT2D eigenvalue weighted by molar-refractivity contribution is 7.89. The number of rotatable bonds is 9. The Morgan fingerprint density at radius 2 is 1.52 bits per heavy atom. The van der Waals surface area contributed by atoms with Crippen molar-refractivity contribution in [1.29, 1.82) is 0 Å². The minimum atomic E-state index is -3.68. The van der Waals surface area contributed by atoms with Crippen molar-refractivity contribution in [2.45, 2.75) is 11.8 Å². The van der Waals surface area contributed by atoms with E-state index < -0.39 is 10.0 Å². The number of methoxy groups -OCH3 is 2. The number of carbonyl (C=O) groups is 1. The van der Waals surface area contributed by atoms with Crippen LogP contribution in [-0.2, 0) is 14.8 Å². The van der Waals surface area contributed by atoms with Crippen molar-refractivity contribution in [3.05, 3.63) is 42.5 Å². The molecule has 0 radical (unpaired) electrons. The Hall–Kier alpha value is -2.78. The number of carbonyl (C=O) groups excluding carboxylic acids is 1. The first-order chi connectivity index (χ1) is 12.8. The van der Waals surface area contributed by atoms with E-state index >= 15 is 0 Å². The molecular formula is C18H22N2O6S. The summed E-state index contributed by atoms with van der Waals surface area (Å²) in [5, 5.41) is 2.58. The second-order valence-electron chi connectivity index (χ2n) is 5.50. The minimum Gasteiger partial charge on any atom is -0.496 e. The number of anilines is 1. The zero-order valence-electron chi connectivity index (χ0n) is 15.3. The zero-order valence-corrected chi connectivity index (χ0v) is 16.1. The van der Waals surface area contributed by atoms with Gasteiger partial charge in [0.05, 0.1) is 19.1 Å². The Morgan fingerprint density at radius 1 is 0.963 bits per heavy atom. The lowest BCUT2D eigenvalue weighted by Crippen LogP contribution is -2.28. The molecule has 2 aromatic rings. The third kappa shape index (κ3) is 6.15. The number of ether oxygens (including phenoxy) is 3. The maximum atomic E-state index is 12.3. The Bertz CT molecular complexity index is 859. The third-order valence-corrected chi connectivity index (χ3v) is 4.95. The molecule has 1 amide bonds. The summed E-state index contributed by atoms with van der Waals surface area (Å²) in [5.41, 5.74) is 0.525. The smallest absolute Gasteiger partial charge is 0.240 e. The van der Waals surface area contributed by atoms with Gasteiger partial charge in [-0.2, -0.15) is 0 Å². The van der Waals surface area contributed by atoms with Gasteiger partial charge in [0.15, 0.2) is 0 Å². The van der Waals surface area contributed by atoms with E-state index in [1.807, 2.05) is 0 Å². The SMILES string of the molecule is COc1cc(OC)cc(OCCNS(=O)(=O)c2ccc(NC(C)=O)cc2)c1. The maximum Gasteiger partial charge on any atom is 0.240 e. The molecule has 2 N–H and O–H groups in total. The molecule has 2 aromatic carbocycles. The first-order valence-electron chi connectivity index (χ1n) is 8.07. The standard InChI is InChI=1S/C18H22N2O6S/c1-13(21)20-14-4-6-18(7-5-14)27(22,23)19-8-9-26-17-11-15(24-2)10-16(12-17)25-3/h4-7,10-12,19H,8-9H2,1-3H3,(H,20,21). The topological polar surface area (TPSA) is 103 Å². The Balaban J connectivity index is 1.91. The van der Waals surface area contributed by atoms with E-state index in [4.69, 9.17) is 14.2 Å². The van der Waals surface area contributed by atoms with Crippen LogP contribution < -0.4 is 24.2 Å². The predicted molar refractivity (Wildman–Crippen MR) is 101 cm³/mol. The number of benzene rings is 2. The molecule has 0 bridgehead atoms. The van der Waals surface area contributed by atoms with Crippen LogP contribution in [-0.4, -0.2) is 41.7 Å². The lowest BCUT2D eigenvalue weighted by Gasteiger charge is -2.11. The van der Waals surface area contributed by atoms with Gasteiger partial charge < -0.3 is 19.5 Å². The normalized spacial score (nSPS) is 10.9. The molecule has 2 rings (SSSR count). The molecule has 0 spiro atoms. The van der Waals surface area contributed by atoms with Crippen molar-refractivity contribution in [1.82, 2.24) is 4.72 Å². The lowest BCUT2D eigenvalue weighted by molar-refractivity contribution is -0.114. The summed E-state index contributed by atoms with van der Waals surface area (Å²) >= 11 is 0. The summed E-state index contributed by atoms with van der Waals surface area (Å²) < 4.78 is 42.9. The maximum absolute atomic E-state index is 12.3. The van der Waals surface area contributed by atoms with Crippen LogP contribution in [0.15, 0.2) is 47.4 Å². The fourth-order valence-corrected chi connectivity index (χ4v) is 3.23. The molecule has 0 saturated heterocycles. The van der Waals surface area contributed by atoms with Crippen LogP contribution in [0.2, 0.25) is 0 Å². The van der Waals surface area contributed by atoms with Crippen LogP contribution in [0.1, 0.15) is 6.92 Å². The van der Waals surface area contributed by atoms with Crippen molar-refractivity contribution >= 4 is 21.6 Å². The molecule has 0 fully saturated rings. The summed E-state index contributed by atoms with van der Waals surface area (Å²) in [4.78, 5) is 11.1. The molecular weight excluding hydrogens is 372 g/mol. The van der Waals surface area contributed by atoms with Crippen LogP contribution >= 0.6 is 0 Å². The molecule has 0 unspecified atom stereocenters. The zero-order chi connectivity index (χ0) is 19.9. The van der Waals surface area contributed by atoms with Crippen molar-refractivity contribution in [3.63, 3.8) is 0 Å². The average Bonchev–Trinajstić information content (AvgIpc) is 2.65. The highest BCUT2D eigenvalue weighted by Gasteiger charge is 2.13. The highest BCUT2D eigenvalue weighted by Crippen LogP contribution is 2.27. The van der Waals surface area contributed by atoms with Gasteiger partial charge in [-0.1, -0.05) is 0 Å². The van der Waals surface area contributed by atoms with E-state index in [1.165, 1.54) is 45.4 Å². The summed E-state index contributed by atoms with van der Waals surface area (Å²) in [7, 11) is -0.614. The van der Waals surface area contributed by atoms with E-state index in [9.17, 15) is 13.2 Å². The molecule has 0 aliphatic rings. The molecule has 9 heteroatoms. The largest absolute Gasteiger partial charge is 0.496 e. The number of nitrogens with one attached hydrogen (secondary N) is 2. The molecule has 0 saturated carbocycles. The van der Waals surface area contributed by atoms with Gasteiger partial charge in [0.25, 0.3) is 0 Å². The van der Waals surface area contributed by atoms with E-state index in [0.29, 0.717) is 22.9 Å². The van der Waals surface area contributed by atoms with Crippen LogP contribution in [0.3, 0.4) is 0 Å². The van der Waals surface area contributed by atoms with Crippen LogP contribution in [0.4, 0.5) is 5.69 Å². The summed E-state index contributed by atoms with van der Waals surface area (Å²) in [6, 6.07) is 10.9. The second kappa shape index (κ2) is 9.24. The monoisotopic (exact) mass is 394 g/mol. The molecule has 27 heavy (non-hydrogen) atoms. The number of hydrogen-bond donors (Lipinski definition) is 2. The number of hydrogen-bond acceptors (Lipinski definition) is 6. The number of amides is 1. The molecule has 0 heterocycles. The quantitative estimate of drug-likeness (QED) is 0.631. The van der Waals surface area contributed by atoms with Gasteiger partial charge in [0, 0.05) is 37.4 Å². The Kier molecular flexibility index (Phi) is 7.03. The average molecular weight is 394 g/mol. The highest BCUT2D eigenvalue weighted by atomic mass is 32.2. The van der Waals surface area contributed by atoms with Crippen molar-refractivity contribution in [2.24, 2.45) is 0 Å². The fourth-order valence-electron chi connectivity index (χ4n) is 2.21. The summed E-state index contributed by atoms with van der Waals surface area (Å²) in [6.45, 7) is 1.58. The summed E-state index contributed by atoms with van der Waals surface area (Å²) in [6.07, 6.45) is 0. The van der Waals surface area contributed by atoms with Crippen molar-refractivity contribution < 1.29 is 27.4 Å². The molecule has 0 aromatic heterocycles. The van der Waals surface area contributed by atoms with Crippen molar-refractivity contribution in [3.8, 4) is 17.2 Å². The van der Waals surface area contributed by atoms with Gasteiger partial charge in [-0.15, -0.1) is 0 Å². The first kappa shape index (κ1) is 20.5. The van der Waals surface area contributed by atoms with Gasteiger partial charge in [0.1, 0.15) is 23.9 Å². The van der Waals surface area contributed by atoms with Gasteiger partial charge in [-0.25, -0.2) is 13.1 Å². The van der Waals surface area contributed by atoms with Gasteiger partial charge in [-0.3, -0.25) is 4.79 Å². The Morgan fingerprint density at radius 3 is 2.04 bits per heavy atom. The summed E-state index contributed by atoms with van der Waals surface area (Å²) in [5.74, 6) is 1.42. The predicted octanol–water partition coefficient (Wildman–Crippen LogP) is 2.02. The second-order valence-corrected chi connectivity index (χ2v) is 7.27. The molecule has 0 atom stereocenters. The molecule has 146 valence electrons. The van der Waals surface area contributed by atoms with E-state index in [0.717, 1.165) is 0 Å². The first-order valence-corrected chi connectivity index (χ1v) is 9.55. The van der Waals surface area contributed by atoms with Gasteiger partial charge >= 0.3 is 0 Å². The van der Waals surface area contributed by atoms with Crippen LogP contribution in [0, 0.1) is 0 Å². The molecule has 8 nitrogen and oxygen atoms in total. The van der Waals surface area contributed by atoms with Gasteiger partial charge in [-0.05, 0) is 24.3 Å².